The molecule has 2 N–H and O–H groups in total. The second kappa shape index (κ2) is 6.04. The van der Waals surface area contributed by atoms with Gasteiger partial charge >= 0.3 is 11.9 Å². The fraction of sp³-hybridized carbons (Fsp3) is 0.286. The number of hydrogen-bond acceptors (Lipinski definition) is 3. The van der Waals surface area contributed by atoms with Gasteiger partial charge in [0.2, 0.25) is 0 Å². The number of hydrogen-bond donors (Lipinski definition) is 2. The summed E-state index contributed by atoms with van der Waals surface area (Å²) in [5.41, 5.74) is 1.57. The van der Waals surface area contributed by atoms with Crippen LogP contribution in [0.4, 0.5) is 0 Å². The molecule has 0 aromatic heterocycles. The van der Waals surface area contributed by atoms with Crippen molar-refractivity contribution in [3.8, 4) is 5.75 Å². The van der Waals surface area contributed by atoms with Crippen molar-refractivity contribution in [3.63, 3.8) is 0 Å². The molecule has 0 saturated heterocycles. The summed E-state index contributed by atoms with van der Waals surface area (Å²) < 4.78 is 5.41. The number of aryl methyl sites for hydroxylation is 2. The molecule has 5 nitrogen and oxygen atoms in total. The summed E-state index contributed by atoms with van der Waals surface area (Å²) in [4.78, 5) is 21.8. The molecule has 0 aliphatic rings. The third-order valence-corrected chi connectivity index (χ3v) is 2.61. The Bertz CT molecular complexity index is 543. The van der Waals surface area contributed by atoms with Gasteiger partial charge in [-0.05, 0) is 49.6 Å². The van der Waals surface area contributed by atoms with Gasteiger partial charge in [-0.15, -0.1) is 0 Å². The number of carboxylic acids is 2. The number of aliphatic carboxylic acids is 2. The Labute approximate surface area is 111 Å². The maximum absolute atomic E-state index is 11.1. The third kappa shape index (κ3) is 3.58. The molecule has 0 spiro atoms. The molecule has 0 aliphatic heterocycles. The Hall–Kier alpha value is -2.30. The summed E-state index contributed by atoms with van der Waals surface area (Å²) >= 11 is 0. The van der Waals surface area contributed by atoms with Crippen molar-refractivity contribution in [2.75, 3.05) is 6.61 Å². The van der Waals surface area contributed by atoms with E-state index in [1.54, 1.807) is 26.0 Å². The van der Waals surface area contributed by atoms with Crippen molar-refractivity contribution >= 4 is 17.5 Å². The minimum absolute atomic E-state index is 0.240. The Morgan fingerprint density at radius 2 is 1.84 bits per heavy atom. The Kier molecular flexibility index (Phi) is 4.69. The first-order valence-electron chi connectivity index (χ1n) is 5.79. The van der Waals surface area contributed by atoms with Crippen LogP contribution in [-0.2, 0) is 9.59 Å². The summed E-state index contributed by atoms with van der Waals surface area (Å²) in [6, 6.07) is 3.34. The van der Waals surface area contributed by atoms with Gasteiger partial charge in [0.05, 0.1) is 12.2 Å². The maximum Gasteiger partial charge on any atom is 0.336 e. The van der Waals surface area contributed by atoms with E-state index in [-0.39, 0.29) is 5.57 Å². The van der Waals surface area contributed by atoms with Crippen LogP contribution in [0.3, 0.4) is 0 Å². The van der Waals surface area contributed by atoms with E-state index < -0.39 is 11.9 Å². The quantitative estimate of drug-likeness (QED) is 0.797. The van der Waals surface area contributed by atoms with Gasteiger partial charge in [-0.2, -0.15) is 0 Å². The van der Waals surface area contributed by atoms with Gasteiger partial charge in [0.25, 0.3) is 0 Å². The molecule has 1 aromatic carbocycles. The molecule has 0 unspecified atom stereocenters. The lowest BCUT2D eigenvalue weighted by Crippen LogP contribution is -2.06. The SMILES string of the molecule is CCOc1cc(C)c(/C(=C/C(=O)O)C(=O)O)cc1C. The summed E-state index contributed by atoms with van der Waals surface area (Å²) in [6.45, 7) is 5.87. The van der Waals surface area contributed by atoms with E-state index in [1.807, 2.05) is 6.92 Å². The molecule has 0 saturated carbocycles. The van der Waals surface area contributed by atoms with Crippen LogP contribution < -0.4 is 4.74 Å². The second-order valence-corrected chi connectivity index (χ2v) is 4.07. The van der Waals surface area contributed by atoms with Crippen LogP contribution in [0, 0.1) is 13.8 Å². The highest BCUT2D eigenvalue weighted by Crippen LogP contribution is 2.27. The van der Waals surface area contributed by atoms with Crippen LogP contribution in [0.2, 0.25) is 0 Å². The zero-order chi connectivity index (χ0) is 14.6. The predicted octanol–water partition coefficient (Wildman–Crippen LogP) is 2.25. The highest BCUT2D eigenvalue weighted by molar-refractivity contribution is 6.19. The zero-order valence-electron chi connectivity index (χ0n) is 11.1. The van der Waals surface area contributed by atoms with Crippen LogP contribution in [0.25, 0.3) is 5.57 Å². The van der Waals surface area contributed by atoms with Crippen molar-refractivity contribution < 1.29 is 24.5 Å². The van der Waals surface area contributed by atoms with Gasteiger partial charge in [-0.25, -0.2) is 9.59 Å². The summed E-state index contributed by atoms with van der Waals surface area (Å²) in [5, 5.41) is 17.8. The van der Waals surface area contributed by atoms with Gasteiger partial charge in [-0.3, -0.25) is 0 Å². The van der Waals surface area contributed by atoms with Crippen molar-refractivity contribution in [1.29, 1.82) is 0 Å². The van der Waals surface area contributed by atoms with E-state index in [0.717, 1.165) is 5.56 Å². The predicted molar refractivity (Wildman–Crippen MR) is 70.3 cm³/mol. The first-order chi connectivity index (χ1) is 8.86. The van der Waals surface area contributed by atoms with E-state index in [4.69, 9.17) is 14.9 Å². The lowest BCUT2D eigenvalue weighted by Gasteiger charge is -2.12. The first kappa shape index (κ1) is 14.8. The normalized spacial score (nSPS) is 11.2. The molecule has 102 valence electrons. The molecule has 5 heteroatoms. The fourth-order valence-corrected chi connectivity index (χ4v) is 1.77. The maximum atomic E-state index is 11.1. The topological polar surface area (TPSA) is 83.8 Å². The van der Waals surface area contributed by atoms with Crippen LogP contribution in [0.15, 0.2) is 18.2 Å². The number of carbonyl (C=O) groups is 2. The van der Waals surface area contributed by atoms with Crippen molar-refractivity contribution in [1.82, 2.24) is 0 Å². The van der Waals surface area contributed by atoms with Gasteiger partial charge in [0, 0.05) is 6.08 Å². The largest absolute Gasteiger partial charge is 0.494 e. The molecule has 0 radical (unpaired) electrons. The van der Waals surface area contributed by atoms with Gasteiger partial charge in [-0.1, -0.05) is 0 Å². The zero-order valence-corrected chi connectivity index (χ0v) is 11.1. The molecule has 0 atom stereocenters. The molecule has 19 heavy (non-hydrogen) atoms. The molecule has 0 amide bonds. The molecule has 0 heterocycles. The summed E-state index contributed by atoms with van der Waals surface area (Å²) in [7, 11) is 0. The highest BCUT2D eigenvalue weighted by atomic mass is 16.5. The molecule has 1 rings (SSSR count). The van der Waals surface area contributed by atoms with Crippen LogP contribution >= 0.6 is 0 Å². The third-order valence-electron chi connectivity index (χ3n) is 2.61. The standard InChI is InChI=1S/C14H16O5/c1-4-19-12-6-8(2)10(5-9(12)3)11(14(17)18)7-13(15)16/h5-7H,4H2,1-3H3,(H,15,16)(H,17,18)/b11-7-. The van der Waals surface area contributed by atoms with Crippen molar-refractivity contribution in [3.05, 3.63) is 34.9 Å². The number of carboxylic acid groups (broad SMARTS) is 2. The lowest BCUT2D eigenvalue weighted by molar-refractivity contribution is -0.133. The smallest absolute Gasteiger partial charge is 0.336 e. The molecule has 0 fully saturated rings. The van der Waals surface area contributed by atoms with E-state index >= 15 is 0 Å². The molecular formula is C14H16O5. The molecule has 0 bridgehead atoms. The second-order valence-electron chi connectivity index (χ2n) is 4.07. The van der Waals surface area contributed by atoms with Gasteiger partial charge in [0.15, 0.2) is 0 Å². The van der Waals surface area contributed by atoms with Crippen LogP contribution in [-0.4, -0.2) is 28.8 Å². The number of benzene rings is 1. The lowest BCUT2D eigenvalue weighted by atomic mass is 9.97. The Morgan fingerprint density at radius 3 is 2.32 bits per heavy atom. The number of ether oxygens (including phenoxy) is 1. The van der Waals surface area contributed by atoms with Gasteiger partial charge < -0.3 is 14.9 Å². The van der Waals surface area contributed by atoms with Crippen LogP contribution in [0.1, 0.15) is 23.6 Å². The molecule has 0 aliphatic carbocycles. The van der Waals surface area contributed by atoms with Crippen LogP contribution in [0.5, 0.6) is 5.75 Å². The molecular weight excluding hydrogens is 248 g/mol. The van der Waals surface area contributed by atoms with E-state index in [9.17, 15) is 9.59 Å². The average molecular weight is 264 g/mol. The molecule has 1 aromatic rings. The minimum Gasteiger partial charge on any atom is -0.494 e. The van der Waals surface area contributed by atoms with Gasteiger partial charge in [0.1, 0.15) is 5.75 Å². The monoisotopic (exact) mass is 264 g/mol. The van der Waals surface area contributed by atoms with E-state index in [0.29, 0.717) is 29.6 Å². The number of rotatable bonds is 5. The van der Waals surface area contributed by atoms with E-state index in [2.05, 4.69) is 0 Å². The fourth-order valence-electron chi connectivity index (χ4n) is 1.77. The summed E-state index contributed by atoms with van der Waals surface area (Å²) in [6.07, 6.45) is 0.699. The minimum atomic E-state index is -1.29. The first-order valence-corrected chi connectivity index (χ1v) is 5.79. The Morgan fingerprint density at radius 1 is 1.21 bits per heavy atom. The van der Waals surface area contributed by atoms with Crippen molar-refractivity contribution in [2.24, 2.45) is 0 Å². The van der Waals surface area contributed by atoms with Crippen molar-refractivity contribution in [2.45, 2.75) is 20.8 Å². The Balaban J connectivity index is 3.37. The average Bonchev–Trinajstić information content (AvgIpc) is 2.30. The van der Waals surface area contributed by atoms with E-state index in [1.165, 1.54) is 0 Å². The summed E-state index contributed by atoms with van der Waals surface area (Å²) in [5.74, 6) is -1.89. The highest BCUT2D eigenvalue weighted by Gasteiger charge is 2.16.